The fraction of sp³-hybridized carbons (Fsp3) is 0.600. The number of piperidine rings is 1. The van der Waals surface area contributed by atoms with E-state index >= 15 is 0 Å². The third-order valence-electron chi connectivity index (χ3n) is 8.63. The molecule has 9 nitrogen and oxygen atoms in total. The summed E-state index contributed by atoms with van der Waals surface area (Å²) in [5, 5.41) is 17.9. The first-order chi connectivity index (χ1) is 22.2. The summed E-state index contributed by atoms with van der Waals surface area (Å²) < 4.78 is 39.9. The zero-order valence-electron chi connectivity index (χ0n) is 27.4. The van der Waals surface area contributed by atoms with Gasteiger partial charge in [0.15, 0.2) is 0 Å². The van der Waals surface area contributed by atoms with E-state index in [1.54, 1.807) is 23.1 Å². The molecular weight excluding hydrogens is 594 g/mol. The summed E-state index contributed by atoms with van der Waals surface area (Å²) >= 11 is 0. The Morgan fingerprint density at radius 1 is 1.07 bits per heavy atom. The molecule has 2 heterocycles. The number of amides is 2. The van der Waals surface area contributed by atoms with Crippen LogP contribution in [0.5, 0.6) is 0 Å². The van der Waals surface area contributed by atoms with Crippen molar-refractivity contribution in [3.63, 3.8) is 0 Å². The van der Waals surface area contributed by atoms with E-state index in [9.17, 15) is 23.5 Å². The number of ether oxygens (including phenoxy) is 2. The van der Waals surface area contributed by atoms with Crippen LogP contribution < -0.4 is 10.6 Å². The standard InChI is InChI=1S/C35H50F2N4O5/c1-4-8-41(9-5-2)35(44)27-17-24(3)16-26(21-27)34(43)39-32(20-25-18-28(36)22-29(37)19-25)33(42)31-23-30(6-7-38-31)46-15-12-40-10-13-45-14-11-40/h16-19,21-22,30-33,38,42H,4-15,20,23H2,1-3H3,(H,39,43)/t30-,31+,32-,33+/m0/s1. The lowest BCUT2D eigenvalue weighted by molar-refractivity contribution is -0.0254. The van der Waals surface area contributed by atoms with Gasteiger partial charge in [-0.3, -0.25) is 14.5 Å². The highest BCUT2D eigenvalue weighted by Crippen LogP contribution is 2.21. The molecule has 2 aromatic carbocycles. The molecular formula is C35H50F2N4O5. The van der Waals surface area contributed by atoms with Gasteiger partial charge in [-0.25, -0.2) is 8.78 Å². The summed E-state index contributed by atoms with van der Waals surface area (Å²) in [7, 11) is 0. The van der Waals surface area contributed by atoms with E-state index in [2.05, 4.69) is 15.5 Å². The van der Waals surface area contributed by atoms with E-state index in [0.717, 1.165) is 63.7 Å². The number of nitrogens with zero attached hydrogens (tertiary/aromatic N) is 2. The van der Waals surface area contributed by atoms with E-state index in [1.165, 1.54) is 12.1 Å². The van der Waals surface area contributed by atoms with Crippen molar-refractivity contribution < 1.29 is 33.0 Å². The van der Waals surface area contributed by atoms with Crippen LogP contribution in [0.3, 0.4) is 0 Å². The van der Waals surface area contributed by atoms with Crippen molar-refractivity contribution in [2.75, 3.05) is 59.1 Å². The van der Waals surface area contributed by atoms with Gasteiger partial charge in [-0.05, 0) is 87.0 Å². The van der Waals surface area contributed by atoms with E-state index in [-0.39, 0.29) is 24.0 Å². The van der Waals surface area contributed by atoms with Gasteiger partial charge in [-0.15, -0.1) is 0 Å². The zero-order valence-corrected chi connectivity index (χ0v) is 27.4. The molecule has 2 saturated heterocycles. The maximum absolute atomic E-state index is 14.1. The molecule has 0 spiro atoms. The number of hydrogen-bond donors (Lipinski definition) is 3. The third-order valence-corrected chi connectivity index (χ3v) is 8.63. The number of morpholine rings is 1. The van der Waals surface area contributed by atoms with Crippen molar-refractivity contribution in [3.8, 4) is 0 Å². The molecule has 4 atom stereocenters. The van der Waals surface area contributed by atoms with Crippen molar-refractivity contribution in [1.29, 1.82) is 0 Å². The Morgan fingerprint density at radius 3 is 2.41 bits per heavy atom. The molecule has 0 radical (unpaired) electrons. The molecule has 254 valence electrons. The molecule has 0 saturated carbocycles. The van der Waals surface area contributed by atoms with Crippen LogP contribution in [-0.2, 0) is 15.9 Å². The van der Waals surface area contributed by atoms with Crippen LogP contribution in [0.4, 0.5) is 8.78 Å². The van der Waals surface area contributed by atoms with Crippen LogP contribution in [0.2, 0.25) is 0 Å². The van der Waals surface area contributed by atoms with Crippen LogP contribution in [-0.4, -0.2) is 110 Å². The number of carbonyl (C=O) groups is 2. The molecule has 2 aromatic rings. The lowest BCUT2D eigenvalue weighted by Crippen LogP contribution is -2.57. The van der Waals surface area contributed by atoms with Crippen LogP contribution in [0.15, 0.2) is 36.4 Å². The van der Waals surface area contributed by atoms with Crippen molar-refractivity contribution >= 4 is 11.8 Å². The number of hydrogen-bond acceptors (Lipinski definition) is 7. The number of benzene rings is 2. The first kappa shape index (κ1) is 35.9. The monoisotopic (exact) mass is 644 g/mol. The fourth-order valence-corrected chi connectivity index (χ4v) is 6.35. The molecule has 4 rings (SSSR count). The lowest BCUT2D eigenvalue weighted by Gasteiger charge is -2.37. The second kappa shape index (κ2) is 17.8. The second-order valence-corrected chi connectivity index (χ2v) is 12.5. The van der Waals surface area contributed by atoms with Crippen molar-refractivity contribution in [1.82, 2.24) is 20.4 Å². The number of aliphatic hydroxyl groups is 1. The Hall–Kier alpha value is -2.96. The predicted molar refractivity (Wildman–Crippen MR) is 173 cm³/mol. The Bertz CT molecular complexity index is 1270. The van der Waals surface area contributed by atoms with Gasteiger partial charge in [-0.2, -0.15) is 0 Å². The SMILES string of the molecule is CCCN(CCC)C(=O)c1cc(C)cc(C(=O)N[C@@H](Cc2cc(F)cc(F)c2)[C@H](O)[C@H]2C[C@@H](OCCN3CCOCC3)CCN2)c1. The Kier molecular flexibility index (Phi) is 13.9. The first-order valence-electron chi connectivity index (χ1n) is 16.7. The summed E-state index contributed by atoms with van der Waals surface area (Å²) in [5.74, 6) is -2.08. The maximum Gasteiger partial charge on any atom is 0.253 e. The predicted octanol–water partition coefficient (Wildman–Crippen LogP) is 3.71. The first-order valence-corrected chi connectivity index (χ1v) is 16.7. The quantitative estimate of drug-likeness (QED) is 0.272. The average molecular weight is 645 g/mol. The highest BCUT2D eigenvalue weighted by atomic mass is 19.1. The summed E-state index contributed by atoms with van der Waals surface area (Å²) in [6.07, 6.45) is 1.77. The molecule has 2 aliphatic rings. The summed E-state index contributed by atoms with van der Waals surface area (Å²) in [4.78, 5) is 31.2. The van der Waals surface area contributed by atoms with Gasteiger partial charge in [0.25, 0.3) is 11.8 Å². The van der Waals surface area contributed by atoms with Crippen molar-refractivity contribution in [3.05, 3.63) is 70.3 Å². The molecule has 0 aromatic heterocycles. The molecule has 0 bridgehead atoms. The smallest absolute Gasteiger partial charge is 0.253 e. The molecule has 0 unspecified atom stereocenters. The Labute approximate surface area is 271 Å². The largest absolute Gasteiger partial charge is 0.389 e. The van der Waals surface area contributed by atoms with Gasteiger partial charge in [0.2, 0.25) is 0 Å². The number of nitrogens with one attached hydrogen (secondary N) is 2. The highest BCUT2D eigenvalue weighted by Gasteiger charge is 2.34. The van der Waals surface area contributed by atoms with Crippen molar-refractivity contribution in [2.24, 2.45) is 0 Å². The molecule has 0 aliphatic carbocycles. The minimum absolute atomic E-state index is 0.000697. The number of carbonyl (C=O) groups excluding carboxylic acids is 2. The summed E-state index contributed by atoms with van der Waals surface area (Å²) in [5.41, 5.74) is 1.76. The normalized spacial score (nSPS) is 20.2. The lowest BCUT2D eigenvalue weighted by atomic mass is 9.90. The third kappa shape index (κ3) is 10.5. The molecule has 2 fully saturated rings. The Balaban J connectivity index is 1.49. The molecule has 46 heavy (non-hydrogen) atoms. The zero-order chi connectivity index (χ0) is 33.1. The number of aryl methyl sites for hydroxylation is 1. The molecule has 11 heteroatoms. The maximum atomic E-state index is 14.1. The van der Waals surface area contributed by atoms with Crippen LogP contribution in [0.25, 0.3) is 0 Å². The number of halogens is 2. The fourth-order valence-electron chi connectivity index (χ4n) is 6.35. The van der Waals surface area contributed by atoms with Gasteiger partial charge in [0.1, 0.15) is 11.6 Å². The van der Waals surface area contributed by atoms with Gasteiger partial charge in [-0.1, -0.05) is 13.8 Å². The van der Waals surface area contributed by atoms with E-state index in [1.807, 2.05) is 20.8 Å². The minimum Gasteiger partial charge on any atom is -0.389 e. The van der Waals surface area contributed by atoms with Gasteiger partial charge >= 0.3 is 0 Å². The number of aliphatic hydroxyl groups excluding tert-OH is 1. The van der Waals surface area contributed by atoms with Gasteiger partial charge in [0.05, 0.1) is 38.1 Å². The van der Waals surface area contributed by atoms with E-state index in [4.69, 9.17) is 9.47 Å². The topological polar surface area (TPSA) is 103 Å². The van der Waals surface area contributed by atoms with Crippen LogP contribution in [0.1, 0.15) is 71.4 Å². The number of rotatable bonds is 15. The van der Waals surface area contributed by atoms with Crippen LogP contribution >= 0.6 is 0 Å². The average Bonchev–Trinajstić information content (AvgIpc) is 3.03. The highest BCUT2D eigenvalue weighted by molar-refractivity contribution is 6.00. The van der Waals surface area contributed by atoms with E-state index < -0.39 is 35.7 Å². The molecule has 2 aliphatic heterocycles. The minimum atomic E-state index is -1.09. The van der Waals surface area contributed by atoms with Crippen LogP contribution in [0, 0.1) is 18.6 Å². The molecule has 2 amide bonds. The van der Waals surface area contributed by atoms with Gasteiger partial charge < -0.3 is 30.1 Å². The van der Waals surface area contributed by atoms with E-state index in [0.29, 0.717) is 43.8 Å². The summed E-state index contributed by atoms with van der Waals surface area (Å²) in [6, 6.07) is 6.95. The molecule has 3 N–H and O–H groups in total. The second-order valence-electron chi connectivity index (χ2n) is 12.5. The summed E-state index contributed by atoms with van der Waals surface area (Å²) in [6.45, 7) is 12.3. The van der Waals surface area contributed by atoms with Gasteiger partial charge in [0, 0.05) is 56.0 Å². The van der Waals surface area contributed by atoms with Crippen molar-refractivity contribution in [2.45, 2.75) is 77.2 Å². The Morgan fingerprint density at radius 2 is 1.74 bits per heavy atom.